The molecule has 9 heteroatoms. The Morgan fingerprint density at radius 2 is 2.00 bits per heavy atom. The molecule has 0 bridgehead atoms. The molecular weight excluding hydrogens is 337 g/mol. The lowest BCUT2D eigenvalue weighted by Gasteiger charge is -2.20. The maximum Gasteiger partial charge on any atom is 0.417 e. The molecule has 2 amide bonds. The summed E-state index contributed by atoms with van der Waals surface area (Å²) in [6, 6.07) is 3.05. The number of ether oxygens (including phenoxy) is 1. The van der Waals surface area contributed by atoms with Crippen molar-refractivity contribution < 1.29 is 27.5 Å². The molecule has 1 N–H and O–H groups in total. The van der Waals surface area contributed by atoms with Crippen molar-refractivity contribution in [2.75, 3.05) is 32.1 Å². The molecule has 0 atom stereocenters. The third-order valence-corrected chi connectivity index (χ3v) is 3.23. The van der Waals surface area contributed by atoms with Gasteiger partial charge in [-0.1, -0.05) is 11.6 Å². The molecule has 1 aromatic rings. The van der Waals surface area contributed by atoms with Gasteiger partial charge in [0.15, 0.2) is 0 Å². The third-order valence-electron chi connectivity index (χ3n) is 2.90. The van der Waals surface area contributed by atoms with Gasteiger partial charge in [0.05, 0.1) is 23.7 Å². The summed E-state index contributed by atoms with van der Waals surface area (Å²) in [7, 11) is 1.45. The molecule has 0 aromatic heterocycles. The minimum absolute atomic E-state index is 0.0537. The monoisotopic (exact) mass is 352 g/mol. The van der Waals surface area contributed by atoms with Gasteiger partial charge in [0.2, 0.25) is 11.8 Å². The van der Waals surface area contributed by atoms with Crippen molar-refractivity contribution in [2.45, 2.75) is 13.1 Å². The van der Waals surface area contributed by atoms with E-state index in [-0.39, 0.29) is 31.3 Å². The van der Waals surface area contributed by atoms with Gasteiger partial charge in [0.25, 0.3) is 0 Å². The van der Waals surface area contributed by atoms with Crippen LogP contribution in [-0.4, -0.2) is 43.5 Å². The van der Waals surface area contributed by atoms with Crippen LogP contribution in [0.2, 0.25) is 5.02 Å². The number of methoxy groups -OCH3 is 1. The Morgan fingerprint density at radius 1 is 1.35 bits per heavy atom. The molecule has 128 valence electrons. The largest absolute Gasteiger partial charge is 0.417 e. The molecule has 0 fully saturated rings. The zero-order valence-electron chi connectivity index (χ0n) is 12.5. The lowest BCUT2D eigenvalue weighted by molar-refractivity contribution is -0.137. The second-order valence-electron chi connectivity index (χ2n) is 4.67. The van der Waals surface area contributed by atoms with Gasteiger partial charge in [0.1, 0.15) is 0 Å². The van der Waals surface area contributed by atoms with Crippen molar-refractivity contribution in [2.24, 2.45) is 0 Å². The maximum absolute atomic E-state index is 12.8. The minimum Gasteiger partial charge on any atom is -0.383 e. The smallest absolute Gasteiger partial charge is 0.383 e. The minimum atomic E-state index is -4.62. The second-order valence-corrected chi connectivity index (χ2v) is 5.08. The third kappa shape index (κ3) is 6.07. The molecule has 1 aromatic carbocycles. The van der Waals surface area contributed by atoms with Crippen molar-refractivity contribution in [1.29, 1.82) is 0 Å². The van der Waals surface area contributed by atoms with Crippen molar-refractivity contribution >= 4 is 29.1 Å². The number of carbonyl (C=O) groups excluding carboxylic acids is 2. The zero-order chi connectivity index (χ0) is 17.6. The SMILES string of the molecule is COCCN(CC(=O)Nc1ccc(Cl)c(C(F)(F)F)c1)C(C)=O. The van der Waals surface area contributed by atoms with Gasteiger partial charge in [-0.15, -0.1) is 0 Å². The van der Waals surface area contributed by atoms with E-state index >= 15 is 0 Å². The number of halogens is 4. The number of hydrogen-bond donors (Lipinski definition) is 1. The van der Waals surface area contributed by atoms with Crippen LogP contribution in [0.15, 0.2) is 18.2 Å². The average molecular weight is 353 g/mol. The molecule has 0 unspecified atom stereocenters. The molecule has 0 aliphatic heterocycles. The Morgan fingerprint density at radius 3 is 2.52 bits per heavy atom. The van der Waals surface area contributed by atoms with Gasteiger partial charge < -0.3 is 15.0 Å². The van der Waals surface area contributed by atoms with Gasteiger partial charge in [-0.2, -0.15) is 13.2 Å². The number of benzene rings is 1. The summed E-state index contributed by atoms with van der Waals surface area (Å²) in [6.07, 6.45) is -4.62. The van der Waals surface area contributed by atoms with Crippen LogP contribution >= 0.6 is 11.6 Å². The molecule has 1 rings (SSSR count). The van der Waals surface area contributed by atoms with E-state index in [1.807, 2.05) is 0 Å². The Kier molecular flexibility index (Phi) is 6.83. The van der Waals surface area contributed by atoms with Crippen LogP contribution in [-0.2, 0) is 20.5 Å². The molecule has 23 heavy (non-hydrogen) atoms. The molecule has 0 saturated carbocycles. The lowest BCUT2D eigenvalue weighted by Crippen LogP contribution is -2.38. The molecule has 0 saturated heterocycles. The Labute approximate surface area is 136 Å². The molecule has 5 nitrogen and oxygen atoms in total. The Bertz CT molecular complexity index is 579. The van der Waals surface area contributed by atoms with E-state index in [2.05, 4.69) is 5.32 Å². The molecule has 0 heterocycles. The van der Waals surface area contributed by atoms with E-state index in [9.17, 15) is 22.8 Å². The topological polar surface area (TPSA) is 58.6 Å². The second kappa shape index (κ2) is 8.16. The normalized spacial score (nSPS) is 11.2. The highest BCUT2D eigenvalue weighted by Gasteiger charge is 2.33. The number of hydrogen-bond acceptors (Lipinski definition) is 3. The van der Waals surface area contributed by atoms with Crippen molar-refractivity contribution in [1.82, 2.24) is 4.90 Å². The highest BCUT2D eigenvalue weighted by atomic mass is 35.5. The first-order valence-electron chi connectivity index (χ1n) is 6.56. The standard InChI is InChI=1S/C14H16ClF3N2O3/c1-9(21)20(5-6-23-2)8-13(22)19-10-3-4-12(15)11(7-10)14(16,17)18/h3-4,7H,5-6,8H2,1-2H3,(H,19,22). The van der Waals surface area contributed by atoms with Crippen LogP contribution in [0.1, 0.15) is 12.5 Å². The van der Waals surface area contributed by atoms with Gasteiger partial charge in [-0.3, -0.25) is 9.59 Å². The first-order valence-corrected chi connectivity index (χ1v) is 6.94. The Hall–Kier alpha value is -1.80. The first-order chi connectivity index (χ1) is 10.6. The summed E-state index contributed by atoms with van der Waals surface area (Å²) in [4.78, 5) is 24.5. The number of nitrogens with one attached hydrogen (secondary N) is 1. The van der Waals surface area contributed by atoms with E-state index in [0.29, 0.717) is 0 Å². The van der Waals surface area contributed by atoms with Gasteiger partial charge >= 0.3 is 6.18 Å². The van der Waals surface area contributed by atoms with E-state index in [0.717, 1.165) is 12.1 Å². The summed E-state index contributed by atoms with van der Waals surface area (Å²) >= 11 is 5.50. The lowest BCUT2D eigenvalue weighted by atomic mass is 10.2. The van der Waals surface area contributed by atoms with Crippen LogP contribution < -0.4 is 5.32 Å². The summed E-state index contributed by atoms with van der Waals surface area (Å²) in [5, 5.41) is 1.85. The van der Waals surface area contributed by atoms with Crippen LogP contribution in [0.4, 0.5) is 18.9 Å². The van der Waals surface area contributed by atoms with Gasteiger partial charge in [-0.05, 0) is 18.2 Å². The number of alkyl halides is 3. The maximum atomic E-state index is 12.8. The molecule has 0 aliphatic rings. The molecule has 0 radical (unpaired) electrons. The predicted molar refractivity (Wildman–Crippen MR) is 79.2 cm³/mol. The van der Waals surface area contributed by atoms with Crippen LogP contribution in [0.3, 0.4) is 0 Å². The molecular formula is C14H16ClF3N2O3. The number of carbonyl (C=O) groups is 2. The number of rotatable bonds is 6. The highest BCUT2D eigenvalue weighted by Crippen LogP contribution is 2.36. The summed E-state index contributed by atoms with van der Waals surface area (Å²) in [5.41, 5.74) is -1.10. The number of amides is 2. The average Bonchev–Trinajstić information content (AvgIpc) is 2.44. The van der Waals surface area contributed by atoms with E-state index in [4.69, 9.17) is 16.3 Å². The summed E-state index contributed by atoms with van der Waals surface area (Å²) in [5.74, 6) is -0.962. The van der Waals surface area contributed by atoms with E-state index in [1.165, 1.54) is 25.0 Å². The van der Waals surface area contributed by atoms with Crippen molar-refractivity contribution in [3.63, 3.8) is 0 Å². The van der Waals surface area contributed by atoms with E-state index in [1.54, 1.807) is 0 Å². The predicted octanol–water partition coefficient (Wildman–Crippen LogP) is 2.79. The summed E-state index contributed by atoms with van der Waals surface area (Å²) in [6.45, 7) is 1.44. The number of nitrogens with zero attached hydrogens (tertiary/aromatic N) is 1. The Balaban J connectivity index is 2.79. The zero-order valence-corrected chi connectivity index (χ0v) is 13.3. The van der Waals surface area contributed by atoms with Gasteiger partial charge in [0, 0.05) is 26.3 Å². The van der Waals surface area contributed by atoms with Crippen LogP contribution in [0.25, 0.3) is 0 Å². The molecule has 0 aliphatic carbocycles. The molecule has 0 spiro atoms. The first kappa shape index (κ1) is 19.2. The van der Waals surface area contributed by atoms with Gasteiger partial charge in [-0.25, -0.2) is 0 Å². The fourth-order valence-electron chi connectivity index (χ4n) is 1.74. The number of anilines is 1. The summed E-state index contributed by atoms with van der Waals surface area (Å²) < 4.78 is 43.1. The van der Waals surface area contributed by atoms with Crippen molar-refractivity contribution in [3.05, 3.63) is 28.8 Å². The highest BCUT2D eigenvalue weighted by molar-refractivity contribution is 6.31. The fourth-order valence-corrected chi connectivity index (χ4v) is 1.97. The fraction of sp³-hybridized carbons (Fsp3) is 0.429. The van der Waals surface area contributed by atoms with E-state index < -0.39 is 22.7 Å². The quantitative estimate of drug-likeness (QED) is 0.856. The van der Waals surface area contributed by atoms with Crippen LogP contribution in [0.5, 0.6) is 0 Å². The van der Waals surface area contributed by atoms with Crippen LogP contribution in [0, 0.1) is 0 Å². The van der Waals surface area contributed by atoms with Crippen molar-refractivity contribution in [3.8, 4) is 0 Å².